The average Bonchev–Trinajstić information content (AvgIpc) is 2.13. The highest BCUT2D eigenvalue weighted by Crippen LogP contribution is 2.33. The monoisotopic (exact) mass is 252 g/mol. The number of alkyl halides is 5. The van der Waals surface area contributed by atoms with Crippen molar-refractivity contribution in [3.8, 4) is 0 Å². The number of pyridine rings is 1. The normalized spacial score (nSPS) is 17.4. The second kappa shape index (κ2) is 4.12. The number of hydrogen-bond donors (Lipinski definition) is 0. The van der Waals surface area contributed by atoms with Crippen LogP contribution in [0.3, 0.4) is 0 Å². The number of halogens is 5. The molecule has 0 unspecified atom stereocenters. The zero-order chi connectivity index (χ0) is 12.6. The Labute approximate surface area is 94.1 Å². The summed E-state index contributed by atoms with van der Waals surface area (Å²) in [5.41, 5.74) is -0.722. The Morgan fingerprint density at radius 2 is 1.94 bits per heavy atom. The molecule has 1 saturated heterocycles. The molecule has 0 amide bonds. The van der Waals surface area contributed by atoms with Gasteiger partial charge in [0.15, 0.2) is 0 Å². The van der Waals surface area contributed by atoms with Gasteiger partial charge in [0.1, 0.15) is 5.69 Å². The summed E-state index contributed by atoms with van der Waals surface area (Å²) in [4.78, 5) is 4.69. The molecule has 0 N–H and O–H groups in total. The Bertz CT molecular complexity index is 398. The maximum absolute atomic E-state index is 12.4. The molecule has 0 spiro atoms. The molecule has 0 saturated carbocycles. The van der Waals surface area contributed by atoms with Crippen LogP contribution in [0.1, 0.15) is 5.69 Å². The number of hydrogen-bond acceptors (Lipinski definition) is 2. The van der Waals surface area contributed by atoms with Gasteiger partial charge in [0.25, 0.3) is 0 Å². The van der Waals surface area contributed by atoms with Crippen LogP contribution in [0.4, 0.5) is 27.6 Å². The van der Waals surface area contributed by atoms with E-state index in [-0.39, 0.29) is 18.8 Å². The zero-order valence-electron chi connectivity index (χ0n) is 8.59. The summed E-state index contributed by atoms with van der Waals surface area (Å²) in [5.74, 6) is -0.752. The van der Waals surface area contributed by atoms with Crippen LogP contribution < -0.4 is 4.90 Å². The van der Waals surface area contributed by atoms with Gasteiger partial charge in [-0.15, -0.1) is 0 Å². The third kappa shape index (κ3) is 2.48. The van der Waals surface area contributed by atoms with Crippen LogP contribution in [0.25, 0.3) is 0 Å². The molecule has 1 fully saturated rings. The van der Waals surface area contributed by atoms with Crippen LogP contribution in [-0.2, 0) is 6.18 Å². The van der Waals surface area contributed by atoms with Crippen LogP contribution in [0.2, 0.25) is 0 Å². The number of aromatic nitrogens is 1. The van der Waals surface area contributed by atoms with Gasteiger partial charge >= 0.3 is 6.18 Å². The molecular weight excluding hydrogens is 243 g/mol. The Morgan fingerprint density at radius 1 is 1.29 bits per heavy atom. The predicted molar refractivity (Wildman–Crippen MR) is 50.9 cm³/mol. The van der Waals surface area contributed by atoms with Gasteiger partial charge in [-0.1, -0.05) is 0 Å². The van der Waals surface area contributed by atoms with Crippen LogP contribution in [0, 0.1) is 5.92 Å². The smallest absolute Gasteiger partial charge is 0.370 e. The summed E-state index contributed by atoms with van der Waals surface area (Å²) in [6.45, 7) is 0.165. The van der Waals surface area contributed by atoms with Gasteiger partial charge < -0.3 is 4.90 Å². The molecule has 1 aliphatic rings. The van der Waals surface area contributed by atoms with Crippen molar-refractivity contribution in [2.45, 2.75) is 12.6 Å². The minimum atomic E-state index is -4.51. The standard InChI is InChI=1S/C10H9F5N2/c11-9(12)6-4-17(5-6)7-1-2-16-8(3-7)10(13,14)15/h1-3,6,9H,4-5H2. The van der Waals surface area contributed by atoms with Crippen LogP contribution in [0.15, 0.2) is 18.3 Å². The minimum absolute atomic E-state index is 0.0823. The molecule has 94 valence electrons. The molecule has 0 aliphatic carbocycles. The summed E-state index contributed by atoms with van der Waals surface area (Å²) < 4.78 is 61.5. The molecule has 2 rings (SSSR count). The third-order valence-electron chi connectivity index (χ3n) is 2.67. The summed E-state index contributed by atoms with van der Waals surface area (Å²) in [6.07, 6.45) is -5.90. The number of anilines is 1. The lowest BCUT2D eigenvalue weighted by molar-refractivity contribution is -0.141. The highest BCUT2D eigenvalue weighted by molar-refractivity contribution is 5.49. The molecule has 1 aliphatic heterocycles. The molecule has 0 aromatic carbocycles. The Hall–Kier alpha value is -1.40. The summed E-state index contributed by atoms with van der Waals surface area (Å²) in [6, 6.07) is 2.26. The van der Waals surface area contributed by atoms with E-state index >= 15 is 0 Å². The highest BCUT2D eigenvalue weighted by Gasteiger charge is 2.36. The van der Waals surface area contributed by atoms with Crippen molar-refractivity contribution < 1.29 is 22.0 Å². The second-order valence-electron chi connectivity index (χ2n) is 3.90. The molecule has 2 nitrogen and oxygen atoms in total. The molecular formula is C10H9F5N2. The maximum Gasteiger partial charge on any atom is 0.433 e. The van der Waals surface area contributed by atoms with Crippen molar-refractivity contribution in [2.75, 3.05) is 18.0 Å². The third-order valence-corrected chi connectivity index (χ3v) is 2.67. The van der Waals surface area contributed by atoms with Gasteiger partial charge in [0, 0.05) is 25.0 Å². The summed E-state index contributed by atoms with van der Waals surface area (Å²) in [7, 11) is 0. The minimum Gasteiger partial charge on any atom is -0.370 e. The van der Waals surface area contributed by atoms with Crippen LogP contribution >= 0.6 is 0 Å². The van der Waals surface area contributed by atoms with E-state index in [0.29, 0.717) is 0 Å². The fourth-order valence-corrected chi connectivity index (χ4v) is 1.65. The first-order valence-corrected chi connectivity index (χ1v) is 4.94. The number of rotatable bonds is 2. The summed E-state index contributed by atoms with van der Waals surface area (Å²) in [5, 5.41) is 0. The first-order chi connectivity index (χ1) is 7.88. The SMILES string of the molecule is FC(F)C1CN(c2ccnc(C(F)(F)F)c2)C1. The lowest BCUT2D eigenvalue weighted by Gasteiger charge is -2.40. The lowest BCUT2D eigenvalue weighted by Crippen LogP contribution is -2.50. The Balaban J connectivity index is 2.09. The zero-order valence-corrected chi connectivity index (χ0v) is 8.59. The van der Waals surface area contributed by atoms with Gasteiger partial charge in [0.2, 0.25) is 6.43 Å². The fourth-order valence-electron chi connectivity index (χ4n) is 1.65. The number of nitrogens with zero attached hydrogens (tertiary/aromatic N) is 2. The highest BCUT2D eigenvalue weighted by atomic mass is 19.4. The van der Waals surface area contributed by atoms with E-state index in [2.05, 4.69) is 4.98 Å². The van der Waals surface area contributed by atoms with E-state index in [0.717, 1.165) is 12.3 Å². The van der Waals surface area contributed by atoms with Crippen molar-refractivity contribution in [3.05, 3.63) is 24.0 Å². The van der Waals surface area contributed by atoms with Crippen molar-refractivity contribution in [2.24, 2.45) is 5.92 Å². The topological polar surface area (TPSA) is 16.1 Å². The molecule has 7 heteroatoms. The Kier molecular flexibility index (Phi) is 2.92. The van der Waals surface area contributed by atoms with Crippen molar-refractivity contribution in [1.29, 1.82) is 0 Å². The molecule has 0 radical (unpaired) electrons. The molecule has 2 heterocycles. The Morgan fingerprint density at radius 3 is 2.47 bits per heavy atom. The van der Waals surface area contributed by atoms with Crippen molar-refractivity contribution >= 4 is 5.69 Å². The van der Waals surface area contributed by atoms with E-state index in [1.54, 1.807) is 0 Å². The van der Waals surface area contributed by atoms with E-state index in [9.17, 15) is 22.0 Å². The van der Waals surface area contributed by atoms with Crippen LogP contribution in [0.5, 0.6) is 0 Å². The van der Waals surface area contributed by atoms with Gasteiger partial charge in [-0.2, -0.15) is 13.2 Å². The van der Waals surface area contributed by atoms with Gasteiger partial charge in [-0.25, -0.2) is 8.78 Å². The maximum atomic E-state index is 12.4. The molecule has 0 bridgehead atoms. The predicted octanol–water partition coefficient (Wildman–Crippen LogP) is 2.80. The van der Waals surface area contributed by atoms with E-state index < -0.39 is 24.2 Å². The van der Waals surface area contributed by atoms with Crippen LogP contribution in [-0.4, -0.2) is 24.5 Å². The molecule has 17 heavy (non-hydrogen) atoms. The van der Waals surface area contributed by atoms with Gasteiger partial charge in [0.05, 0.1) is 5.92 Å². The second-order valence-corrected chi connectivity index (χ2v) is 3.90. The fraction of sp³-hybridized carbons (Fsp3) is 0.500. The first-order valence-electron chi connectivity index (χ1n) is 4.94. The van der Waals surface area contributed by atoms with E-state index in [1.165, 1.54) is 11.0 Å². The molecule has 1 aromatic heterocycles. The quantitative estimate of drug-likeness (QED) is 0.752. The molecule has 1 aromatic rings. The lowest BCUT2D eigenvalue weighted by atomic mass is 10.00. The van der Waals surface area contributed by atoms with Crippen molar-refractivity contribution in [3.63, 3.8) is 0 Å². The largest absolute Gasteiger partial charge is 0.433 e. The van der Waals surface area contributed by atoms with Gasteiger partial charge in [-0.3, -0.25) is 4.98 Å². The molecule has 0 atom stereocenters. The summed E-state index contributed by atoms with van der Waals surface area (Å²) >= 11 is 0. The van der Waals surface area contributed by atoms with E-state index in [1.807, 2.05) is 0 Å². The average molecular weight is 252 g/mol. The van der Waals surface area contributed by atoms with E-state index in [4.69, 9.17) is 0 Å². The van der Waals surface area contributed by atoms with Crippen molar-refractivity contribution in [1.82, 2.24) is 4.98 Å². The van der Waals surface area contributed by atoms with Gasteiger partial charge in [-0.05, 0) is 12.1 Å². The first kappa shape index (κ1) is 12.1.